The van der Waals surface area contributed by atoms with Gasteiger partial charge in [-0.3, -0.25) is 14.4 Å². The number of piperazine rings is 1. The van der Waals surface area contributed by atoms with Crippen molar-refractivity contribution in [3.8, 4) is 0 Å². The van der Waals surface area contributed by atoms with Crippen molar-refractivity contribution in [2.45, 2.75) is 38.8 Å². The second-order valence-electron chi connectivity index (χ2n) is 7.52. The number of hydrogen-bond acceptors (Lipinski definition) is 5. The molecule has 0 radical (unpaired) electrons. The number of halogens is 1. The highest BCUT2D eigenvalue weighted by atomic mass is 35.5. The van der Waals surface area contributed by atoms with Gasteiger partial charge in [-0.1, -0.05) is 19.9 Å². The lowest BCUT2D eigenvalue weighted by Crippen LogP contribution is -2.60. The molecule has 3 rings (SSSR count). The summed E-state index contributed by atoms with van der Waals surface area (Å²) in [6.45, 7) is 6.96. The van der Waals surface area contributed by atoms with Crippen molar-refractivity contribution in [2.24, 2.45) is 5.92 Å². The number of hydrogen-bond donors (Lipinski definition) is 2. The molecule has 2 aliphatic heterocycles. The van der Waals surface area contributed by atoms with Crippen molar-refractivity contribution in [3.63, 3.8) is 0 Å². The molecule has 3 amide bonds. The predicted molar refractivity (Wildman–Crippen MR) is 112 cm³/mol. The second-order valence-corrected chi connectivity index (χ2v) is 8.46. The molecule has 2 unspecified atom stereocenters. The van der Waals surface area contributed by atoms with Crippen LogP contribution in [0.25, 0.3) is 0 Å². The first-order valence-corrected chi connectivity index (χ1v) is 10.5. The Hall–Kier alpha value is -1.64. The minimum Gasteiger partial charge on any atom is -0.339 e. The van der Waals surface area contributed by atoms with Crippen LogP contribution in [-0.2, 0) is 9.59 Å². The Morgan fingerprint density at radius 3 is 2.75 bits per heavy atom. The van der Waals surface area contributed by atoms with E-state index in [9.17, 15) is 14.4 Å². The van der Waals surface area contributed by atoms with Gasteiger partial charge in [-0.05, 0) is 30.2 Å². The van der Waals surface area contributed by atoms with E-state index in [0.717, 1.165) is 19.4 Å². The van der Waals surface area contributed by atoms with E-state index in [0.29, 0.717) is 31.1 Å². The molecule has 0 spiro atoms. The zero-order valence-electron chi connectivity index (χ0n) is 16.3. The van der Waals surface area contributed by atoms with Gasteiger partial charge < -0.3 is 20.4 Å². The summed E-state index contributed by atoms with van der Waals surface area (Å²) in [6.07, 6.45) is 1.79. The molecular formula is C19H29ClN4O3S. The maximum absolute atomic E-state index is 13.2. The van der Waals surface area contributed by atoms with Crippen LogP contribution in [0, 0.1) is 5.92 Å². The van der Waals surface area contributed by atoms with Crippen molar-refractivity contribution in [1.82, 2.24) is 20.4 Å². The summed E-state index contributed by atoms with van der Waals surface area (Å²) in [5.74, 6) is -0.167. The molecule has 7 nitrogen and oxygen atoms in total. The topological polar surface area (TPSA) is 81.8 Å². The summed E-state index contributed by atoms with van der Waals surface area (Å²) in [5.41, 5.74) is 0. The first-order chi connectivity index (χ1) is 13.0. The lowest BCUT2D eigenvalue weighted by Gasteiger charge is -2.42. The van der Waals surface area contributed by atoms with Crippen LogP contribution in [0.15, 0.2) is 17.5 Å². The van der Waals surface area contributed by atoms with E-state index in [1.165, 1.54) is 11.3 Å². The number of nitrogens with one attached hydrogen (secondary N) is 2. The highest BCUT2D eigenvalue weighted by Crippen LogP contribution is 2.19. The van der Waals surface area contributed by atoms with E-state index in [4.69, 9.17) is 0 Å². The van der Waals surface area contributed by atoms with E-state index >= 15 is 0 Å². The van der Waals surface area contributed by atoms with E-state index in [-0.39, 0.29) is 42.1 Å². The Morgan fingerprint density at radius 1 is 1.32 bits per heavy atom. The number of carbonyl (C=O) groups excluding carboxylic acids is 3. The number of nitrogens with zero attached hydrogens (tertiary/aromatic N) is 2. The van der Waals surface area contributed by atoms with Gasteiger partial charge in [0.05, 0.1) is 11.4 Å². The third-order valence-electron chi connectivity index (χ3n) is 5.24. The van der Waals surface area contributed by atoms with Crippen LogP contribution in [0.2, 0.25) is 0 Å². The number of likely N-dealkylation sites (tertiary alicyclic amines) is 1. The van der Waals surface area contributed by atoms with Crippen molar-refractivity contribution in [3.05, 3.63) is 22.4 Å². The smallest absolute Gasteiger partial charge is 0.262 e. The third-order valence-corrected chi connectivity index (χ3v) is 6.11. The van der Waals surface area contributed by atoms with Gasteiger partial charge in [-0.15, -0.1) is 23.7 Å². The molecule has 0 aliphatic carbocycles. The monoisotopic (exact) mass is 428 g/mol. The normalized spacial score (nSPS) is 21.2. The Morgan fingerprint density at radius 2 is 2.11 bits per heavy atom. The minimum absolute atomic E-state index is 0. The highest BCUT2D eigenvalue weighted by molar-refractivity contribution is 7.12. The van der Waals surface area contributed by atoms with Crippen LogP contribution in [-0.4, -0.2) is 72.3 Å². The first-order valence-electron chi connectivity index (χ1n) is 9.60. The number of thiophene rings is 1. The quantitative estimate of drug-likeness (QED) is 0.741. The number of amides is 3. The van der Waals surface area contributed by atoms with E-state index < -0.39 is 6.04 Å². The largest absolute Gasteiger partial charge is 0.339 e. The Balaban J connectivity index is 0.00000280. The molecule has 3 heterocycles. The maximum atomic E-state index is 13.2. The fourth-order valence-electron chi connectivity index (χ4n) is 3.75. The zero-order valence-corrected chi connectivity index (χ0v) is 18.0. The van der Waals surface area contributed by atoms with Gasteiger partial charge in [0.15, 0.2) is 0 Å². The standard InChI is InChI=1S/C19H28N4O3S.ClH/c1-13(2)17(21-18(25)15-6-4-10-27-15)19(26)22-8-3-5-14(12-22)23-9-7-20-11-16(23)24;/h4,6,10,13-14,17,20H,3,5,7-9,11-12H2,1-2H3,(H,21,25);1H. The molecule has 9 heteroatoms. The molecule has 28 heavy (non-hydrogen) atoms. The average molecular weight is 429 g/mol. The van der Waals surface area contributed by atoms with E-state index in [1.807, 2.05) is 35.1 Å². The van der Waals surface area contributed by atoms with Gasteiger partial charge >= 0.3 is 0 Å². The first kappa shape index (κ1) is 22.6. The molecule has 2 aliphatic rings. The van der Waals surface area contributed by atoms with Crippen LogP contribution >= 0.6 is 23.7 Å². The highest BCUT2D eigenvalue weighted by Gasteiger charge is 2.35. The Labute approximate surface area is 176 Å². The van der Waals surface area contributed by atoms with Gasteiger partial charge in [0.2, 0.25) is 11.8 Å². The van der Waals surface area contributed by atoms with Crippen molar-refractivity contribution in [1.29, 1.82) is 0 Å². The van der Waals surface area contributed by atoms with E-state index in [2.05, 4.69) is 10.6 Å². The Bertz CT molecular complexity index is 683. The zero-order chi connectivity index (χ0) is 19.4. The fraction of sp³-hybridized carbons (Fsp3) is 0.632. The van der Waals surface area contributed by atoms with Gasteiger partial charge in [0.25, 0.3) is 5.91 Å². The maximum Gasteiger partial charge on any atom is 0.262 e. The number of carbonyl (C=O) groups is 3. The lowest BCUT2D eigenvalue weighted by atomic mass is 9.98. The fourth-order valence-corrected chi connectivity index (χ4v) is 4.37. The van der Waals surface area contributed by atoms with E-state index in [1.54, 1.807) is 6.07 Å². The van der Waals surface area contributed by atoms with Gasteiger partial charge in [0.1, 0.15) is 6.04 Å². The summed E-state index contributed by atoms with van der Waals surface area (Å²) in [6, 6.07) is 3.09. The van der Waals surface area contributed by atoms with Crippen molar-refractivity contribution < 1.29 is 14.4 Å². The number of rotatable bonds is 5. The molecule has 2 atom stereocenters. The van der Waals surface area contributed by atoms with Crippen LogP contribution in [0.3, 0.4) is 0 Å². The van der Waals surface area contributed by atoms with Crippen LogP contribution in [0.1, 0.15) is 36.4 Å². The van der Waals surface area contributed by atoms with Gasteiger partial charge in [0, 0.05) is 32.2 Å². The average Bonchev–Trinajstić information content (AvgIpc) is 3.20. The summed E-state index contributed by atoms with van der Waals surface area (Å²) < 4.78 is 0. The molecule has 0 saturated carbocycles. The molecule has 0 bridgehead atoms. The summed E-state index contributed by atoms with van der Waals surface area (Å²) >= 11 is 1.36. The minimum atomic E-state index is -0.558. The third kappa shape index (κ3) is 5.24. The molecule has 1 aromatic heterocycles. The molecule has 156 valence electrons. The molecule has 2 saturated heterocycles. The molecule has 1 aromatic rings. The van der Waals surface area contributed by atoms with Gasteiger partial charge in [-0.25, -0.2) is 0 Å². The van der Waals surface area contributed by atoms with Crippen LogP contribution < -0.4 is 10.6 Å². The summed E-state index contributed by atoms with van der Waals surface area (Å²) in [4.78, 5) is 42.1. The summed E-state index contributed by atoms with van der Waals surface area (Å²) in [5, 5.41) is 7.84. The summed E-state index contributed by atoms with van der Waals surface area (Å²) in [7, 11) is 0. The van der Waals surface area contributed by atoms with Crippen LogP contribution in [0.4, 0.5) is 0 Å². The van der Waals surface area contributed by atoms with Crippen LogP contribution in [0.5, 0.6) is 0 Å². The lowest BCUT2D eigenvalue weighted by molar-refractivity contribution is -0.142. The number of piperidine rings is 1. The molecule has 2 N–H and O–H groups in total. The second kappa shape index (κ2) is 10.2. The molecular weight excluding hydrogens is 400 g/mol. The SMILES string of the molecule is CC(C)C(NC(=O)c1cccs1)C(=O)N1CCCC(N2CCNCC2=O)C1.Cl. The Kier molecular flexibility index (Phi) is 8.27. The predicted octanol–water partition coefficient (Wildman–Crippen LogP) is 1.35. The van der Waals surface area contributed by atoms with Gasteiger partial charge in [-0.2, -0.15) is 0 Å². The van der Waals surface area contributed by atoms with Crippen molar-refractivity contribution >= 4 is 41.5 Å². The molecule has 0 aromatic carbocycles. The van der Waals surface area contributed by atoms with Crippen molar-refractivity contribution in [2.75, 3.05) is 32.7 Å². The molecule has 2 fully saturated rings.